The van der Waals surface area contributed by atoms with E-state index in [1.165, 1.54) is 0 Å². The van der Waals surface area contributed by atoms with Crippen LogP contribution >= 0.6 is 0 Å². The zero-order chi connectivity index (χ0) is 42.6. The molecule has 5 heterocycles. The van der Waals surface area contributed by atoms with Crippen LogP contribution in [-0.4, -0.2) is 171 Å². The Morgan fingerprint density at radius 1 is 0.700 bits per heavy atom. The molecule has 17 nitrogen and oxygen atoms in total. The molecule has 0 unspecified atom stereocenters. The van der Waals surface area contributed by atoms with Crippen molar-refractivity contribution in [2.75, 3.05) is 26.4 Å². The van der Waals surface area contributed by atoms with Crippen LogP contribution in [0, 0.1) is 52.3 Å². The minimum Gasteiger partial charge on any atom is -0.388 e. The van der Waals surface area contributed by atoms with Crippen LogP contribution in [-0.2, 0) is 42.7 Å². The van der Waals surface area contributed by atoms with E-state index in [1.807, 2.05) is 0 Å². The summed E-state index contributed by atoms with van der Waals surface area (Å²) in [7, 11) is 0. The van der Waals surface area contributed by atoms with Crippen molar-refractivity contribution in [2.24, 2.45) is 52.3 Å². The molecule has 5 saturated heterocycles. The summed E-state index contributed by atoms with van der Waals surface area (Å²) in [5.74, 6) is 1.79. The summed E-state index contributed by atoms with van der Waals surface area (Å²) >= 11 is 0. The maximum Gasteiger partial charge on any atom is 0.186 e. The van der Waals surface area contributed by atoms with E-state index in [2.05, 4.69) is 27.7 Å². The molecule has 9 aliphatic rings. The molecule has 17 heteroatoms. The summed E-state index contributed by atoms with van der Waals surface area (Å²) in [6, 6.07) is 0. The molecule has 0 aromatic heterocycles. The Labute approximate surface area is 350 Å². The van der Waals surface area contributed by atoms with E-state index in [0.717, 1.165) is 45.1 Å². The first kappa shape index (κ1) is 44.2. The van der Waals surface area contributed by atoms with Gasteiger partial charge in [-0.15, -0.1) is 0 Å². The maximum atomic E-state index is 14.4. The van der Waals surface area contributed by atoms with Crippen molar-refractivity contribution in [1.29, 1.82) is 0 Å². The summed E-state index contributed by atoms with van der Waals surface area (Å²) in [6.07, 6.45) is -12.5. The molecule has 0 radical (unpaired) electrons. The predicted octanol–water partition coefficient (Wildman–Crippen LogP) is -0.276. The van der Waals surface area contributed by atoms with Crippen LogP contribution in [0.25, 0.3) is 0 Å². The van der Waals surface area contributed by atoms with Crippen LogP contribution in [0.5, 0.6) is 0 Å². The number of aliphatic hydroxyl groups excluding tert-OH is 8. The summed E-state index contributed by atoms with van der Waals surface area (Å²) in [4.78, 5) is 14.4. The van der Waals surface area contributed by atoms with Crippen molar-refractivity contribution in [3.63, 3.8) is 0 Å². The first-order valence-corrected chi connectivity index (χ1v) is 22.6. The fourth-order valence-corrected chi connectivity index (χ4v) is 13.8. The molecule has 0 bridgehead atoms. The highest BCUT2D eigenvalue weighted by atomic mass is 16.8. The number of ketones is 1. The first-order chi connectivity index (χ1) is 28.5. The quantitative estimate of drug-likeness (QED) is 0.153. The highest BCUT2D eigenvalue weighted by molar-refractivity contribution is 5.83. The molecule has 4 saturated carbocycles. The van der Waals surface area contributed by atoms with Crippen molar-refractivity contribution >= 4 is 5.78 Å². The number of carbonyl (C=O) groups excluding carboxylic acids is 1. The van der Waals surface area contributed by atoms with Gasteiger partial charge in [0, 0.05) is 24.7 Å². The van der Waals surface area contributed by atoms with Crippen molar-refractivity contribution < 1.29 is 83.5 Å². The van der Waals surface area contributed by atoms with Gasteiger partial charge in [0.05, 0.1) is 38.6 Å². The third-order valence-electron chi connectivity index (χ3n) is 17.3. The monoisotopic (exact) mass is 856 g/mol. The molecule has 9 rings (SSSR count). The molecule has 0 aromatic carbocycles. The van der Waals surface area contributed by atoms with Crippen LogP contribution < -0.4 is 0 Å². The van der Waals surface area contributed by atoms with Crippen molar-refractivity contribution in [2.45, 2.75) is 183 Å². The number of Topliss-reactive ketones (excluding diaryl/α,β-unsaturated/α-hetero) is 1. The second kappa shape index (κ2) is 16.5. The fraction of sp³-hybridized carbons (Fsp3) is 0.977. The predicted molar refractivity (Wildman–Crippen MR) is 204 cm³/mol. The average Bonchev–Trinajstić information content (AvgIpc) is 3.67. The molecule has 9 fully saturated rings. The van der Waals surface area contributed by atoms with Gasteiger partial charge in [-0.25, -0.2) is 0 Å². The minimum atomic E-state index is -1.71. The maximum absolute atomic E-state index is 14.4. The average molecular weight is 857 g/mol. The Morgan fingerprint density at radius 3 is 2.07 bits per heavy atom. The molecule has 0 aromatic rings. The van der Waals surface area contributed by atoms with Gasteiger partial charge in [0.25, 0.3) is 0 Å². The number of hydrogen-bond acceptors (Lipinski definition) is 17. The Hall–Kier alpha value is -0.970. The fourth-order valence-electron chi connectivity index (χ4n) is 13.8. The van der Waals surface area contributed by atoms with Crippen LogP contribution in [0.15, 0.2) is 0 Å². The lowest BCUT2D eigenvalue weighted by molar-refractivity contribution is -0.361. The Balaban J connectivity index is 0.871. The lowest BCUT2D eigenvalue weighted by Crippen LogP contribution is -2.64. The standard InChI is InChI=1S/C43H68O17/c1-18-5-10-43(56-14-18)19(2)30-28(60-43)13-23-21-12-25(44)24-11-20(6-8-41(24,3)22(21)7-9-42(23,30)4)57-40-36(52)33(49)37(59-39-35(51)32(48)27(46)16-54-39)29(58-40)17-55-38-34(50)31(47)26(45)15-53-38/h18-24,26-40,45-52H,5-17H2,1-4H3/t18-,19+,20+,21+,22-,23+,24-,26+,27-,28-,29+,30-,31-,32+,33+,34+,35-,36+,37+,38-,39-,40+,41-,42-,43-/m1/s1. The molecule has 342 valence electrons. The number of rotatable bonds is 7. The van der Waals surface area contributed by atoms with Gasteiger partial charge >= 0.3 is 0 Å². The number of fused-ring (bicyclic) bond motifs is 7. The van der Waals surface area contributed by atoms with Crippen molar-refractivity contribution in [1.82, 2.24) is 0 Å². The second-order valence-electron chi connectivity index (χ2n) is 20.6. The van der Waals surface area contributed by atoms with Gasteiger partial charge in [-0.3, -0.25) is 4.79 Å². The van der Waals surface area contributed by atoms with Crippen LogP contribution in [0.2, 0.25) is 0 Å². The van der Waals surface area contributed by atoms with Crippen molar-refractivity contribution in [3.8, 4) is 0 Å². The van der Waals surface area contributed by atoms with Gasteiger partial charge in [-0.2, -0.15) is 0 Å². The van der Waals surface area contributed by atoms with Crippen LogP contribution in [0.3, 0.4) is 0 Å². The number of hydrogen-bond donors (Lipinski definition) is 8. The van der Waals surface area contributed by atoms with Crippen LogP contribution in [0.4, 0.5) is 0 Å². The van der Waals surface area contributed by atoms with E-state index < -0.39 is 98.4 Å². The molecule has 60 heavy (non-hydrogen) atoms. The third-order valence-corrected chi connectivity index (χ3v) is 17.3. The first-order valence-electron chi connectivity index (χ1n) is 22.6. The van der Waals surface area contributed by atoms with E-state index in [1.54, 1.807) is 0 Å². The smallest absolute Gasteiger partial charge is 0.186 e. The van der Waals surface area contributed by atoms with Gasteiger partial charge < -0.3 is 78.7 Å². The summed E-state index contributed by atoms with van der Waals surface area (Å²) < 4.78 is 48.5. The Kier molecular flexibility index (Phi) is 12.1. The lowest BCUT2D eigenvalue weighted by atomic mass is 9.44. The molecular formula is C43H68O17. The largest absolute Gasteiger partial charge is 0.388 e. The molecule has 0 amide bonds. The van der Waals surface area contributed by atoms with Gasteiger partial charge in [-0.05, 0) is 85.4 Å². The summed E-state index contributed by atoms with van der Waals surface area (Å²) in [6.45, 7) is 8.90. The minimum absolute atomic E-state index is 0.0760. The molecule has 5 aliphatic heterocycles. The number of carbonyl (C=O) groups is 1. The normalized spacial score (nSPS) is 58.0. The topological polar surface area (TPSA) is 253 Å². The lowest BCUT2D eigenvalue weighted by Gasteiger charge is -2.60. The summed E-state index contributed by atoms with van der Waals surface area (Å²) in [5.41, 5.74) is -0.152. The number of ether oxygens (including phenoxy) is 8. The van der Waals surface area contributed by atoms with E-state index in [9.17, 15) is 45.6 Å². The highest BCUT2D eigenvalue weighted by Gasteiger charge is 2.70. The molecule has 25 atom stereocenters. The zero-order valence-electron chi connectivity index (χ0n) is 35.1. The Morgan fingerprint density at radius 2 is 1.37 bits per heavy atom. The Bertz CT molecular complexity index is 1550. The SMILES string of the molecule is C[C@@H]1CC[C@@]2(OC1)O[C@@H]1C[C@H]3[C@H]4CC(=O)[C@H]5C[C@@H](O[C@H]6O[C@@H](CO[C@H]7OC[C@H](O)[C@@H](O)[C@@H]7O)[C@H](O[C@H]7OC[C@@H](O)[C@H](O)[C@H]7O)[C@@H](O)[C@@H]6O)CC[C@]5(C)[C@@H]4CC[C@@]3(C)[C@@H]1[C@@H]2C. The van der Waals surface area contributed by atoms with Gasteiger partial charge in [-0.1, -0.05) is 27.7 Å². The van der Waals surface area contributed by atoms with Crippen LogP contribution in [0.1, 0.15) is 85.5 Å². The number of aliphatic hydroxyl groups is 8. The van der Waals surface area contributed by atoms with Crippen molar-refractivity contribution in [3.05, 3.63) is 0 Å². The molecule has 1 spiro atoms. The van der Waals surface area contributed by atoms with E-state index >= 15 is 0 Å². The highest BCUT2D eigenvalue weighted by Crippen LogP contribution is 2.71. The van der Waals surface area contributed by atoms with Gasteiger partial charge in [0.1, 0.15) is 66.8 Å². The van der Waals surface area contributed by atoms with Gasteiger partial charge in [0.15, 0.2) is 24.7 Å². The molecule has 8 N–H and O–H groups in total. The third kappa shape index (κ3) is 7.26. The van der Waals surface area contributed by atoms with E-state index in [4.69, 9.17) is 37.9 Å². The zero-order valence-corrected chi connectivity index (χ0v) is 35.1. The summed E-state index contributed by atoms with van der Waals surface area (Å²) in [5, 5.41) is 84.3. The second-order valence-corrected chi connectivity index (χ2v) is 20.6. The van der Waals surface area contributed by atoms with E-state index in [0.29, 0.717) is 48.9 Å². The molecular weight excluding hydrogens is 788 g/mol. The molecule has 4 aliphatic carbocycles. The van der Waals surface area contributed by atoms with Gasteiger partial charge in [0.2, 0.25) is 0 Å². The van der Waals surface area contributed by atoms with E-state index in [-0.39, 0.29) is 47.8 Å².